The van der Waals surface area contributed by atoms with Gasteiger partial charge in [-0.25, -0.2) is 0 Å². The minimum absolute atomic E-state index is 0. The molecule has 2 aliphatic rings. The summed E-state index contributed by atoms with van der Waals surface area (Å²) in [6, 6.07) is 8.03. The maximum atomic E-state index is 12.9. The van der Waals surface area contributed by atoms with Gasteiger partial charge in [0.15, 0.2) is 0 Å². The van der Waals surface area contributed by atoms with Crippen LogP contribution in [0, 0.1) is 0 Å². The average molecular weight is 417 g/mol. The van der Waals surface area contributed by atoms with Gasteiger partial charge in [-0.15, -0.1) is 24.8 Å². The predicted octanol–water partition coefficient (Wildman–Crippen LogP) is 1.63. The van der Waals surface area contributed by atoms with E-state index >= 15 is 0 Å². The van der Waals surface area contributed by atoms with Crippen molar-refractivity contribution in [2.45, 2.75) is 25.4 Å². The second kappa shape index (κ2) is 10.9. The van der Waals surface area contributed by atoms with Gasteiger partial charge in [0.05, 0.1) is 6.54 Å². The van der Waals surface area contributed by atoms with E-state index in [1.165, 1.54) is 0 Å². The zero-order valence-electron chi connectivity index (χ0n) is 16.0. The molecule has 3 rings (SSSR count). The molecule has 2 amide bonds. The van der Waals surface area contributed by atoms with E-state index in [9.17, 15) is 9.59 Å². The standard InChI is InChI=1S/C19H28N4O2.2ClH/c1-21(2)13-15-5-3-6-16(11-15)19(25)22-9-4-7-17(14-22)23-10-8-20-12-18(23)24;;/h3,5-6,11,17,20H,4,7-10,12-14H2,1-2H3;2*1H. The van der Waals surface area contributed by atoms with Crippen LogP contribution in [0.15, 0.2) is 24.3 Å². The lowest BCUT2D eigenvalue weighted by Gasteiger charge is -2.41. The van der Waals surface area contributed by atoms with Gasteiger partial charge >= 0.3 is 0 Å². The fraction of sp³-hybridized carbons (Fsp3) is 0.579. The van der Waals surface area contributed by atoms with Crippen molar-refractivity contribution in [1.82, 2.24) is 20.0 Å². The number of nitrogens with zero attached hydrogens (tertiary/aromatic N) is 3. The first-order valence-corrected chi connectivity index (χ1v) is 9.08. The number of benzene rings is 1. The van der Waals surface area contributed by atoms with Crippen LogP contribution in [0.25, 0.3) is 0 Å². The van der Waals surface area contributed by atoms with E-state index in [1.54, 1.807) is 0 Å². The lowest BCUT2D eigenvalue weighted by molar-refractivity contribution is -0.135. The predicted molar refractivity (Wildman–Crippen MR) is 112 cm³/mol. The number of amides is 2. The molecule has 2 aliphatic heterocycles. The van der Waals surface area contributed by atoms with Gasteiger partial charge in [-0.3, -0.25) is 9.59 Å². The maximum absolute atomic E-state index is 12.9. The highest BCUT2D eigenvalue weighted by molar-refractivity contribution is 5.94. The van der Waals surface area contributed by atoms with Crippen LogP contribution < -0.4 is 5.32 Å². The molecule has 0 bridgehead atoms. The van der Waals surface area contributed by atoms with Gasteiger partial charge in [-0.05, 0) is 44.6 Å². The van der Waals surface area contributed by atoms with E-state index in [0.717, 1.165) is 50.1 Å². The Balaban J connectivity index is 0.00000182. The molecule has 8 heteroatoms. The molecule has 27 heavy (non-hydrogen) atoms. The van der Waals surface area contributed by atoms with Gasteiger partial charge in [0.2, 0.25) is 5.91 Å². The Morgan fingerprint density at radius 3 is 2.74 bits per heavy atom. The fourth-order valence-corrected chi connectivity index (χ4v) is 3.75. The summed E-state index contributed by atoms with van der Waals surface area (Å²) in [5.41, 5.74) is 1.88. The molecule has 0 aliphatic carbocycles. The Morgan fingerprint density at radius 2 is 2.04 bits per heavy atom. The SMILES string of the molecule is CN(C)Cc1cccc(C(=O)N2CCCC(N3CCNCC3=O)C2)c1.Cl.Cl. The summed E-state index contributed by atoms with van der Waals surface area (Å²) >= 11 is 0. The minimum atomic E-state index is 0. The Morgan fingerprint density at radius 1 is 1.26 bits per heavy atom. The highest BCUT2D eigenvalue weighted by Gasteiger charge is 2.31. The molecule has 1 aromatic carbocycles. The van der Waals surface area contributed by atoms with Crippen molar-refractivity contribution in [2.24, 2.45) is 0 Å². The number of carbonyl (C=O) groups excluding carboxylic acids is 2. The molecule has 2 saturated heterocycles. The molecule has 1 aromatic rings. The zero-order valence-corrected chi connectivity index (χ0v) is 17.7. The van der Waals surface area contributed by atoms with E-state index in [0.29, 0.717) is 13.1 Å². The molecule has 1 unspecified atom stereocenters. The Bertz CT molecular complexity index is 642. The monoisotopic (exact) mass is 416 g/mol. The summed E-state index contributed by atoms with van der Waals surface area (Å²) in [4.78, 5) is 31.1. The topological polar surface area (TPSA) is 55.9 Å². The van der Waals surface area contributed by atoms with Crippen molar-refractivity contribution >= 4 is 36.6 Å². The molecule has 2 heterocycles. The quantitative estimate of drug-likeness (QED) is 0.809. The Kier molecular flexibility index (Phi) is 9.53. The van der Waals surface area contributed by atoms with Crippen LogP contribution in [0.3, 0.4) is 0 Å². The van der Waals surface area contributed by atoms with Crippen molar-refractivity contribution in [1.29, 1.82) is 0 Å². The van der Waals surface area contributed by atoms with Crippen molar-refractivity contribution in [3.8, 4) is 0 Å². The summed E-state index contributed by atoms with van der Waals surface area (Å²) in [5.74, 6) is 0.228. The van der Waals surface area contributed by atoms with Crippen LogP contribution in [-0.2, 0) is 11.3 Å². The Labute approximate surface area is 174 Å². The number of piperidine rings is 1. The smallest absolute Gasteiger partial charge is 0.253 e. The summed E-state index contributed by atoms with van der Waals surface area (Å²) < 4.78 is 0. The minimum Gasteiger partial charge on any atom is -0.337 e. The number of hydrogen-bond acceptors (Lipinski definition) is 4. The molecule has 1 atom stereocenters. The number of halogens is 2. The molecular formula is C19H30Cl2N4O2. The number of hydrogen-bond donors (Lipinski definition) is 1. The highest BCUT2D eigenvalue weighted by atomic mass is 35.5. The zero-order chi connectivity index (χ0) is 17.8. The molecular weight excluding hydrogens is 387 g/mol. The van der Waals surface area contributed by atoms with Crippen LogP contribution in [0.1, 0.15) is 28.8 Å². The van der Waals surface area contributed by atoms with E-state index in [2.05, 4.69) is 16.3 Å². The first-order chi connectivity index (χ1) is 12.0. The fourth-order valence-electron chi connectivity index (χ4n) is 3.75. The second-order valence-electron chi connectivity index (χ2n) is 7.25. The summed E-state index contributed by atoms with van der Waals surface area (Å²) in [6.07, 6.45) is 1.93. The summed E-state index contributed by atoms with van der Waals surface area (Å²) in [7, 11) is 4.04. The molecule has 2 fully saturated rings. The van der Waals surface area contributed by atoms with Crippen LogP contribution in [0.5, 0.6) is 0 Å². The van der Waals surface area contributed by atoms with Crippen molar-refractivity contribution < 1.29 is 9.59 Å². The third-order valence-corrected chi connectivity index (χ3v) is 4.92. The molecule has 1 N–H and O–H groups in total. The number of likely N-dealkylation sites (tertiary alicyclic amines) is 1. The average Bonchev–Trinajstić information content (AvgIpc) is 2.61. The molecule has 152 valence electrons. The van der Waals surface area contributed by atoms with Gasteiger partial charge in [0, 0.05) is 44.3 Å². The number of piperazine rings is 1. The normalized spacial score (nSPS) is 20.1. The molecule has 0 radical (unpaired) electrons. The maximum Gasteiger partial charge on any atom is 0.253 e. The van der Waals surface area contributed by atoms with Crippen molar-refractivity contribution in [3.05, 3.63) is 35.4 Å². The number of nitrogens with one attached hydrogen (secondary N) is 1. The Hall–Kier alpha value is -1.34. The van der Waals surface area contributed by atoms with E-state index < -0.39 is 0 Å². The highest BCUT2D eigenvalue weighted by Crippen LogP contribution is 2.19. The third-order valence-electron chi connectivity index (χ3n) is 4.92. The first kappa shape index (κ1) is 23.7. The molecule has 0 aromatic heterocycles. The van der Waals surface area contributed by atoms with Crippen LogP contribution >= 0.6 is 24.8 Å². The molecule has 0 saturated carbocycles. The van der Waals surface area contributed by atoms with Crippen molar-refractivity contribution in [3.63, 3.8) is 0 Å². The molecule has 6 nitrogen and oxygen atoms in total. The number of carbonyl (C=O) groups is 2. The summed E-state index contributed by atoms with van der Waals surface area (Å²) in [6.45, 7) is 4.22. The largest absolute Gasteiger partial charge is 0.337 e. The first-order valence-electron chi connectivity index (χ1n) is 9.08. The lowest BCUT2D eigenvalue weighted by atomic mass is 10.0. The van der Waals surface area contributed by atoms with Gasteiger partial charge in [0.1, 0.15) is 0 Å². The van der Waals surface area contributed by atoms with Crippen LogP contribution in [-0.4, -0.2) is 79.4 Å². The lowest BCUT2D eigenvalue weighted by Crippen LogP contribution is -2.57. The van der Waals surface area contributed by atoms with E-state index in [-0.39, 0.29) is 42.7 Å². The van der Waals surface area contributed by atoms with Gasteiger partial charge in [0.25, 0.3) is 5.91 Å². The van der Waals surface area contributed by atoms with E-state index in [4.69, 9.17) is 0 Å². The van der Waals surface area contributed by atoms with Crippen molar-refractivity contribution in [2.75, 3.05) is 46.8 Å². The second-order valence-corrected chi connectivity index (χ2v) is 7.25. The summed E-state index contributed by atoms with van der Waals surface area (Å²) in [5, 5.41) is 3.11. The van der Waals surface area contributed by atoms with Crippen LogP contribution in [0.2, 0.25) is 0 Å². The van der Waals surface area contributed by atoms with Crippen LogP contribution in [0.4, 0.5) is 0 Å². The van der Waals surface area contributed by atoms with E-state index in [1.807, 2.05) is 42.1 Å². The van der Waals surface area contributed by atoms with Gasteiger partial charge in [-0.1, -0.05) is 12.1 Å². The van der Waals surface area contributed by atoms with Gasteiger partial charge < -0.3 is 20.0 Å². The number of rotatable bonds is 4. The third kappa shape index (κ3) is 6.07. The molecule has 0 spiro atoms. The van der Waals surface area contributed by atoms with Gasteiger partial charge in [-0.2, -0.15) is 0 Å².